The highest BCUT2D eigenvalue weighted by Gasteiger charge is 2.47. The molecule has 3 N–H and O–H groups in total. The zero-order valence-electron chi connectivity index (χ0n) is 22.2. The van der Waals surface area contributed by atoms with Gasteiger partial charge in [-0.15, -0.1) is 11.3 Å². The van der Waals surface area contributed by atoms with Gasteiger partial charge in [0.05, 0.1) is 28.1 Å². The largest absolute Gasteiger partial charge is 0.368 e. The van der Waals surface area contributed by atoms with Crippen LogP contribution in [-0.4, -0.2) is 50.1 Å². The van der Waals surface area contributed by atoms with Gasteiger partial charge in [-0.2, -0.15) is 15.9 Å². The lowest BCUT2D eigenvalue weighted by molar-refractivity contribution is -0.127. The number of nitrogens with zero attached hydrogens (tertiary/aromatic N) is 3. The molecule has 3 aromatic rings. The van der Waals surface area contributed by atoms with Gasteiger partial charge in [-0.05, 0) is 55.5 Å². The van der Waals surface area contributed by atoms with Crippen LogP contribution >= 0.6 is 21.9 Å². The van der Waals surface area contributed by atoms with Crippen molar-refractivity contribution in [2.75, 3.05) is 29.5 Å². The molecule has 3 aliphatic rings. The lowest BCUT2D eigenvalue weighted by Gasteiger charge is -2.41. The summed E-state index contributed by atoms with van der Waals surface area (Å²) in [4.78, 5) is 21.7. The third-order valence-corrected chi connectivity index (χ3v) is 11.2. The molecule has 0 bridgehead atoms. The maximum atomic E-state index is 14.1. The first-order chi connectivity index (χ1) is 19.3. The first kappa shape index (κ1) is 27.2. The first-order valence-electron chi connectivity index (χ1n) is 13.8. The van der Waals surface area contributed by atoms with Gasteiger partial charge in [0.25, 0.3) is 0 Å². The van der Waals surface area contributed by atoms with Gasteiger partial charge in [0, 0.05) is 36.2 Å². The monoisotopic (exact) mass is 580 g/mol. The minimum Gasteiger partial charge on any atom is -0.368 e. The second kappa shape index (κ2) is 10.8. The summed E-state index contributed by atoms with van der Waals surface area (Å²) in [6, 6.07) is 16.9. The van der Waals surface area contributed by atoms with Gasteiger partial charge in [-0.1, -0.05) is 37.1 Å². The van der Waals surface area contributed by atoms with E-state index in [-0.39, 0.29) is 23.6 Å². The maximum absolute atomic E-state index is 14.1. The van der Waals surface area contributed by atoms with E-state index in [0.29, 0.717) is 43.0 Å². The van der Waals surface area contributed by atoms with E-state index >= 15 is 0 Å². The zero-order chi connectivity index (χ0) is 27.9. The fraction of sp³-hybridized carbons (Fsp3) is 0.433. The van der Waals surface area contributed by atoms with E-state index in [1.807, 2.05) is 18.2 Å². The maximum Gasteiger partial charge on any atom is 0.225 e. The highest BCUT2D eigenvalue weighted by molar-refractivity contribution is 8.24. The molecule has 1 amide bonds. The summed E-state index contributed by atoms with van der Waals surface area (Å²) in [5.41, 5.74) is 2.87. The number of aromatic nitrogens is 1. The Morgan fingerprint density at radius 3 is 2.50 bits per heavy atom. The second-order valence-electron chi connectivity index (χ2n) is 11.2. The van der Waals surface area contributed by atoms with Crippen LogP contribution in [-0.2, 0) is 4.79 Å². The standard InChI is InChI=1S/C30H33FN4O3S2/c31-22-5-3-4-21(18-22)29-33-26(24-6-1-2-7-25(24)28(36)34-30(19-32)12-13-30)27(39-29)20-8-10-23(11-9-20)35-14-16-40(37,38)17-15-35/h3-5,8-11,18,24-25,37-38H,1-2,6-7,12-17H2,(H,34,36)/t24-,25-/m1/s1. The molecule has 40 heavy (non-hydrogen) atoms. The Morgan fingerprint density at radius 1 is 1.10 bits per heavy atom. The average molecular weight is 581 g/mol. The van der Waals surface area contributed by atoms with E-state index < -0.39 is 16.1 Å². The zero-order valence-corrected chi connectivity index (χ0v) is 23.8. The van der Waals surface area contributed by atoms with Crippen LogP contribution < -0.4 is 10.2 Å². The molecule has 1 saturated heterocycles. The number of thiazole rings is 1. The molecule has 2 atom stereocenters. The van der Waals surface area contributed by atoms with E-state index in [1.165, 1.54) is 23.5 Å². The van der Waals surface area contributed by atoms with Gasteiger partial charge in [-0.3, -0.25) is 13.9 Å². The third kappa shape index (κ3) is 5.61. The summed E-state index contributed by atoms with van der Waals surface area (Å²) in [7, 11) is -2.47. The number of amides is 1. The molecule has 1 aromatic heterocycles. The molecule has 210 valence electrons. The average Bonchev–Trinajstić information content (AvgIpc) is 3.59. The van der Waals surface area contributed by atoms with E-state index in [9.17, 15) is 23.6 Å². The molecular formula is C30H33FN4O3S2. The number of rotatable bonds is 6. The van der Waals surface area contributed by atoms with Crippen LogP contribution in [0.15, 0.2) is 48.5 Å². The molecule has 0 unspecified atom stereocenters. The minimum atomic E-state index is -2.47. The van der Waals surface area contributed by atoms with Crippen molar-refractivity contribution in [2.45, 2.75) is 50.0 Å². The number of nitriles is 1. The van der Waals surface area contributed by atoms with Crippen LogP contribution in [0.3, 0.4) is 0 Å². The Morgan fingerprint density at radius 2 is 1.82 bits per heavy atom. The number of benzene rings is 2. The predicted molar refractivity (Wildman–Crippen MR) is 158 cm³/mol. The molecule has 2 saturated carbocycles. The summed E-state index contributed by atoms with van der Waals surface area (Å²) >= 11 is 1.51. The number of nitrogens with one attached hydrogen (secondary N) is 1. The molecule has 2 heterocycles. The van der Waals surface area contributed by atoms with Gasteiger partial charge < -0.3 is 10.2 Å². The van der Waals surface area contributed by atoms with Crippen molar-refractivity contribution in [3.05, 3.63) is 60.0 Å². The normalized spacial score (nSPS) is 24.1. The van der Waals surface area contributed by atoms with Gasteiger partial charge in [-0.25, -0.2) is 9.37 Å². The minimum absolute atomic E-state index is 0.0681. The quantitative estimate of drug-likeness (QED) is 0.302. The van der Waals surface area contributed by atoms with Crippen molar-refractivity contribution in [3.8, 4) is 27.1 Å². The molecular weight excluding hydrogens is 547 g/mol. The lowest BCUT2D eigenvalue weighted by Crippen LogP contribution is -2.42. The Bertz CT molecular complexity index is 1440. The van der Waals surface area contributed by atoms with Crippen molar-refractivity contribution in [2.24, 2.45) is 5.92 Å². The van der Waals surface area contributed by atoms with Gasteiger partial charge in [0.1, 0.15) is 16.4 Å². The van der Waals surface area contributed by atoms with E-state index in [1.54, 1.807) is 6.07 Å². The number of anilines is 1. The first-order valence-corrected chi connectivity index (χ1v) is 16.5. The Kier molecular flexibility index (Phi) is 7.34. The summed E-state index contributed by atoms with van der Waals surface area (Å²) in [5, 5.41) is 13.3. The van der Waals surface area contributed by atoms with Crippen LogP contribution in [0, 0.1) is 23.1 Å². The predicted octanol–water partition coefficient (Wildman–Crippen LogP) is 6.63. The Hall–Kier alpha value is -2.97. The molecule has 7 nitrogen and oxygen atoms in total. The highest BCUT2D eigenvalue weighted by atomic mass is 32.3. The smallest absolute Gasteiger partial charge is 0.225 e. The molecule has 0 radical (unpaired) electrons. The molecule has 2 aliphatic carbocycles. The number of carbonyl (C=O) groups is 1. The van der Waals surface area contributed by atoms with Crippen LogP contribution in [0.1, 0.15) is 50.1 Å². The number of carbonyl (C=O) groups excluding carboxylic acids is 1. The molecule has 6 rings (SSSR count). The fourth-order valence-corrected chi connectivity index (χ4v) is 8.20. The van der Waals surface area contributed by atoms with Gasteiger partial charge >= 0.3 is 0 Å². The van der Waals surface area contributed by atoms with Crippen molar-refractivity contribution < 1.29 is 18.3 Å². The van der Waals surface area contributed by atoms with E-state index in [4.69, 9.17) is 4.98 Å². The lowest BCUT2D eigenvalue weighted by atomic mass is 9.76. The summed E-state index contributed by atoms with van der Waals surface area (Å²) in [6.45, 7) is 1.19. The topological polar surface area (TPSA) is 109 Å². The van der Waals surface area contributed by atoms with E-state index in [0.717, 1.165) is 52.5 Å². The molecule has 3 fully saturated rings. The highest BCUT2D eigenvalue weighted by Crippen LogP contribution is 2.47. The van der Waals surface area contributed by atoms with E-state index in [2.05, 4.69) is 28.4 Å². The molecule has 2 aromatic carbocycles. The Balaban J connectivity index is 1.34. The van der Waals surface area contributed by atoms with Gasteiger partial charge in [0.15, 0.2) is 0 Å². The second-order valence-corrected chi connectivity index (χ2v) is 14.6. The fourth-order valence-electron chi connectivity index (χ4n) is 5.83. The number of halogens is 1. The van der Waals surface area contributed by atoms with Crippen molar-refractivity contribution >= 4 is 33.5 Å². The van der Waals surface area contributed by atoms with Crippen LogP contribution in [0.25, 0.3) is 21.0 Å². The van der Waals surface area contributed by atoms with Crippen molar-refractivity contribution in [3.63, 3.8) is 0 Å². The number of hydrogen-bond donors (Lipinski definition) is 3. The molecule has 1 aliphatic heterocycles. The third-order valence-electron chi connectivity index (χ3n) is 8.38. The number of hydrogen-bond acceptors (Lipinski definition) is 7. The summed E-state index contributed by atoms with van der Waals surface area (Å²) in [6.07, 6.45) is 4.92. The molecule has 0 spiro atoms. The van der Waals surface area contributed by atoms with Crippen LogP contribution in [0.5, 0.6) is 0 Å². The summed E-state index contributed by atoms with van der Waals surface area (Å²) < 4.78 is 34.1. The summed E-state index contributed by atoms with van der Waals surface area (Å²) in [5.74, 6) is 0.00383. The molecule has 10 heteroatoms. The van der Waals surface area contributed by atoms with Crippen molar-refractivity contribution in [1.29, 1.82) is 5.26 Å². The SMILES string of the molecule is N#CC1(NC(=O)[C@@H]2CCCC[C@H]2c2nc(-c3cccc(F)c3)sc2-c2ccc(N3CCS(O)(O)CC3)cc2)CC1. The van der Waals surface area contributed by atoms with Gasteiger partial charge in [0.2, 0.25) is 5.91 Å². The van der Waals surface area contributed by atoms with Crippen LogP contribution in [0.4, 0.5) is 10.1 Å². The Labute approximate surface area is 239 Å². The van der Waals surface area contributed by atoms with Crippen molar-refractivity contribution in [1.82, 2.24) is 10.3 Å². The van der Waals surface area contributed by atoms with Crippen LogP contribution in [0.2, 0.25) is 0 Å².